The standard InChI is InChI=1S/C27H33N3O4/c1-4-19(3)28-25(32)23(5-2)30(18-20-12-7-6-8-13-20)24(31)16-11-17-29-26(33)21-14-9-10-15-22(21)27(29)34/h6-10,12-15,19,23H,4-5,11,16-18H2,1-3H3,(H,28,32)/t19-,23+/m0/s1. The maximum Gasteiger partial charge on any atom is 0.261 e. The molecule has 7 nitrogen and oxygen atoms in total. The van der Waals surface area contributed by atoms with Gasteiger partial charge in [0.1, 0.15) is 6.04 Å². The zero-order valence-corrected chi connectivity index (χ0v) is 20.1. The average Bonchev–Trinajstić information content (AvgIpc) is 3.09. The van der Waals surface area contributed by atoms with Gasteiger partial charge in [-0.1, -0.05) is 56.3 Å². The van der Waals surface area contributed by atoms with Crippen molar-refractivity contribution in [3.63, 3.8) is 0 Å². The molecule has 7 heteroatoms. The molecular formula is C27H33N3O4. The number of nitrogens with one attached hydrogen (secondary N) is 1. The lowest BCUT2D eigenvalue weighted by molar-refractivity contribution is -0.141. The summed E-state index contributed by atoms with van der Waals surface area (Å²) in [6.07, 6.45) is 1.75. The van der Waals surface area contributed by atoms with Crippen LogP contribution in [-0.2, 0) is 16.1 Å². The summed E-state index contributed by atoms with van der Waals surface area (Å²) in [5.41, 5.74) is 1.74. The largest absolute Gasteiger partial charge is 0.352 e. The van der Waals surface area contributed by atoms with Crippen LogP contribution < -0.4 is 5.32 Å². The van der Waals surface area contributed by atoms with E-state index in [9.17, 15) is 19.2 Å². The van der Waals surface area contributed by atoms with Gasteiger partial charge >= 0.3 is 0 Å². The van der Waals surface area contributed by atoms with Crippen molar-refractivity contribution < 1.29 is 19.2 Å². The van der Waals surface area contributed by atoms with Crippen LogP contribution in [0.2, 0.25) is 0 Å². The lowest BCUT2D eigenvalue weighted by Gasteiger charge is -2.31. The van der Waals surface area contributed by atoms with Gasteiger partial charge in [0.15, 0.2) is 0 Å². The first-order chi connectivity index (χ1) is 16.4. The van der Waals surface area contributed by atoms with Gasteiger partial charge in [-0.3, -0.25) is 24.1 Å². The Labute approximate surface area is 201 Å². The van der Waals surface area contributed by atoms with Crippen LogP contribution in [0.3, 0.4) is 0 Å². The molecule has 180 valence electrons. The van der Waals surface area contributed by atoms with Crippen LogP contribution in [-0.4, -0.2) is 52.1 Å². The van der Waals surface area contributed by atoms with Crippen molar-refractivity contribution >= 4 is 23.6 Å². The number of nitrogens with zero attached hydrogens (tertiary/aromatic N) is 2. The van der Waals surface area contributed by atoms with Crippen LogP contribution in [0.15, 0.2) is 54.6 Å². The molecule has 0 unspecified atom stereocenters. The van der Waals surface area contributed by atoms with Gasteiger partial charge < -0.3 is 10.2 Å². The number of carbonyl (C=O) groups excluding carboxylic acids is 4. The maximum atomic E-state index is 13.3. The van der Waals surface area contributed by atoms with Gasteiger partial charge in [0.25, 0.3) is 11.8 Å². The highest BCUT2D eigenvalue weighted by Crippen LogP contribution is 2.23. The van der Waals surface area contributed by atoms with E-state index >= 15 is 0 Å². The van der Waals surface area contributed by atoms with Crippen molar-refractivity contribution in [1.82, 2.24) is 15.1 Å². The molecule has 3 rings (SSSR count). The molecule has 1 heterocycles. The monoisotopic (exact) mass is 463 g/mol. The highest BCUT2D eigenvalue weighted by atomic mass is 16.2. The Balaban J connectivity index is 1.69. The van der Waals surface area contributed by atoms with Gasteiger partial charge in [-0.15, -0.1) is 0 Å². The van der Waals surface area contributed by atoms with Crippen LogP contribution in [0.1, 0.15) is 72.7 Å². The topological polar surface area (TPSA) is 86.8 Å². The molecule has 0 aliphatic carbocycles. The fraction of sp³-hybridized carbons (Fsp3) is 0.407. The highest BCUT2D eigenvalue weighted by Gasteiger charge is 2.35. The molecule has 0 spiro atoms. The lowest BCUT2D eigenvalue weighted by atomic mass is 10.1. The Morgan fingerprint density at radius 1 is 0.912 bits per heavy atom. The Morgan fingerprint density at radius 2 is 1.50 bits per heavy atom. The molecule has 0 aromatic heterocycles. The van der Waals surface area contributed by atoms with Crippen LogP contribution >= 0.6 is 0 Å². The fourth-order valence-corrected chi connectivity index (χ4v) is 4.11. The molecule has 0 saturated carbocycles. The molecule has 2 aromatic rings. The third-order valence-corrected chi connectivity index (χ3v) is 6.23. The normalized spacial score (nSPS) is 14.5. The van der Waals surface area contributed by atoms with Crippen molar-refractivity contribution in [2.24, 2.45) is 0 Å². The Morgan fingerprint density at radius 3 is 2.06 bits per heavy atom. The molecular weight excluding hydrogens is 430 g/mol. The first kappa shape index (κ1) is 25.1. The Kier molecular flexibility index (Phi) is 8.57. The number of carbonyl (C=O) groups is 4. The minimum atomic E-state index is -0.596. The van der Waals surface area contributed by atoms with Crippen molar-refractivity contribution in [3.05, 3.63) is 71.3 Å². The summed E-state index contributed by atoms with van der Waals surface area (Å²) in [6, 6.07) is 15.7. The zero-order chi connectivity index (χ0) is 24.7. The third-order valence-electron chi connectivity index (χ3n) is 6.23. The van der Waals surface area contributed by atoms with Gasteiger partial charge in [0, 0.05) is 25.6 Å². The molecule has 2 atom stereocenters. The molecule has 0 fully saturated rings. The maximum absolute atomic E-state index is 13.3. The first-order valence-electron chi connectivity index (χ1n) is 12.0. The van der Waals surface area contributed by atoms with Crippen LogP contribution in [0.5, 0.6) is 0 Å². The van der Waals surface area contributed by atoms with Crippen molar-refractivity contribution in [2.75, 3.05) is 6.54 Å². The number of benzene rings is 2. The summed E-state index contributed by atoms with van der Waals surface area (Å²) in [6.45, 7) is 6.31. The SMILES string of the molecule is CC[C@H](C(=O)N[C@@H](C)CC)N(Cc1ccccc1)C(=O)CCCN1C(=O)c2ccccc2C1=O. The predicted octanol–water partition coefficient (Wildman–Crippen LogP) is 3.78. The summed E-state index contributed by atoms with van der Waals surface area (Å²) < 4.78 is 0. The van der Waals surface area contributed by atoms with E-state index in [1.54, 1.807) is 29.2 Å². The number of rotatable bonds is 11. The van der Waals surface area contributed by atoms with Gasteiger partial charge in [-0.25, -0.2) is 0 Å². The lowest BCUT2D eigenvalue weighted by Crippen LogP contribution is -2.50. The van der Waals surface area contributed by atoms with Crippen LogP contribution in [0, 0.1) is 0 Å². The van der Waals surface area contributed by atoms with Crippen LogP contribution in [0.25, 0.3) is 0 Å². The fourth-order valence-electron chi connectivity index (χ4n) is 4.11. The number of hydrogen-bond donors (Lipinski definition) is 1. The zero-order valence-electron chi connectivity index (χ0n) is 20.1. The second-order valence-electron chi connectivity index (χ2n) is 8.66. The summed E-state index contributed by atoms with van der Waals surface area (Å²) in [4.78, 5) is 54.3. The molecule has 4 amide bonds. The second-order valence-corrected chi connectivity index (χ2v) is 8.66. The van der Waals surface area contributed by atoms with E-state index in [1.165, 1.54) is 4.90 Å². The number of amides is 4. The van der Waals surface area contributed by atoms with Gasteiger partial charge in [0.05, 0.1) is 11.1 Å². The predicted molar refractivity (Wildman–Crippen MR) is 130 cm³/mol. The average molecular weight is 464 g/mol. The Hall–Kier alpha value is -3.48. The van der Waals surface area contributed by atoms with Crippen molar-refractivity contribution in [3.8, 4) is 0 Å². The van der Waals surface area contributed by atoms with E-state index in [-0.39, 0.29) is 42.6 Å². The third kappa shape index (κ3) is 5.71. The summed E-state index contributed by atoms with van der Waals surface area (Å²) in [5.74, 6) is -0.991. The summed E-state index contributed by atoms with van der Waals surface area (Å²) in [7, 11) is 0. The summed E-state index contributed by atoms with van der Waals surface area (Å²) >= 11 is 0. The van der Waals surface area contributed by atoms with Gasteiger partial charge in [-0.05, 0) is 43.9 Å². The van der Waals surface area contributed by atoms with E-state index in [1.807, 2.05) is 51.1 Å². The minimum absolute atomic E-state index is 0.0176. The number of fused-ring (bicyclic) bond motifs is 1. The molecule has 2 aromatic carbocycles. The molecule has 0 saturated heterocycles. The van der Waals surface area contributed by atoms with Gasteiger partial charge in [-0.2, -0.15) is 0 Å². The number of hydrogen-bond acceptors (Lipinski definition) is 4. The van der Waals surface area contributed by atoms with E-state index in [0.29, 0.717) is 30.5 Å². The molecule has 34 heavy (non-hydrogen) atoms. The quantitative estimate of drug-likeness (QED) is 0.514. The van der Waals surface area contributed by atoms with E-state index < -0.39 is 6.04 Å². The molecule has 1 aliphatic heterocycles. The van der Waals surface area contributed by atoms with E-state index in [0.717, 1.165) is 12.0 Å². The van der Waals surface area contributed by atoms with Crippen molar-refractivity contribution in [2.45, 2.75) is 65.1 Å². The first-order valence-corrected chi connectivity index (χ1v) is 12.0. The second kappa shape index (κ2) is 11.6. The minimum Gasteiger partial charge on any atom is -0.352 e. The van der Waals surface area contributed by atoms with E-state index in [2.05, 4.69) is 5.32 Å². The molecule has 0 radical (unpaired) electrons. The molecule has 1 aliphatic rings. The summed E-state index contributed by atoms with van der Waals surface area (Å²) in [5, 5.41) is 2.99. The smallest absolute Gasteiger partial charge is 0.261 e. The molecule has 0 bridgehead atoms. The van der Waals surface area contributed by atoms with Crippen molar-refractivity contribution in [1.29, 1.82) is 0 Å². The molecule has 1 N–H and O–H groups in total. The van der Waals surface area contributed by atoms with E-state index in [4.69, 9.17) is 0 Å². The van der Waals surface area contributed by atoms with Crippen LogP contribution in [0.4, 0.5) is 0 Å². The van der Waals surface area contributed by atoms with Gasteiger partial charge in [0.2, 0.25) is 11.8 Å². The number of imide groups is 1. The highest BCUT2D eigenvalue weighted by molar-refractivity contribution is 6.21. The Bertz CT molecular complexity index is 1000.